The van der Waals surface area contributed by atoms with Gasteiger partial charge in [-0.25, -0.2) is 4.79 Å². The third-order valence-corrected chi connectivity index (χ3v) is 5.68. The lowest BCUT2D eigenvalue weighted by molar-refractivity contribution is 0.249. The van der Waals surface area contributed by atoms with E-state index in [4.69, 9.17) is 23.2 Å². The molecule has 0 aliphatic heterocycles. The van der Waals surface area contributed by atoms with Gasteiger partial charge in [-0.1, -0.05) is 19.1 Å². The maximum Gasteiger partial charge on any atom is 0.319 e. The van der Waals surface area contributed by atoms with Crippen LogP contribution in [-0.2, 0) is 0 Å². The minimum atomic E-state index is -0.552. The molecule has 2 amide bonds. The van der Waals surface area contributed by atoms with E-state index in [2.05, 4.69) is 10.6 Å². The van der Waals surface area contributed by atoms with Crippen molar-refractivity contribution in [2.24, 2.45) is 5.92 Å². The van der Waals surface area contributed by atoms with Gasteiger partial charge >= 0.3 is 6.03 Å². The average Bonchev–Trinajstić information content (AvgIpc) is 3.05. The quantitative estimate of drug-likeness (QED) is 0.568. The van der Waals surface area contributed by atoms with Crippen molar-refractivity contribution in [3.63, 3.8) is 0 Å². The molecule has 1 aliphatic rings. The molecule has 2 atom stereocenters. The molecule has 2 rings (SSSR count). The van der Waals surface area contributed by atoms with E-state index < -0.39 is 4.33 Å². The smallest absolute Gasteiger partial charge is 0.319 e. The van der Waals surface area contributed by atoms with E-state index in [0.29, 0.717) is 5.92 Å². The van der Waals surface area contributed by atoms with Crippen LogP contribution in [0.4, 0.5) is 10.5 Å². The number of halogens is 2. The molecule has 1 aliphatic carbocycles. The molecule has 0 saturated heterocycles. The van der Waals surface area contributed by atoms with E-state index in [9.17, 15) is 4.79 Å². The van der Waals surface area contributed by atoms with Crippen LogP contribution >= 0.6 is 35.0 Å². The molecule has 2 unspecified atom stereocenters. The number of nitrogens with one attached hydrogen (secondary N) is 2. The molecule has 3 nitrogen and oxygen atoms in total. The number of thioether (sulfide) groups is 1. The van der Waals surface area contributed by atoms with E-state index in [0.717, 1.165) is 29.2 Å². The summed E-state index contributed by atoms with van der Waals surface area (Å²) in [6.07, 6.45) is 1.74. The van der Waals surface area contributed by atoms with Crippen LogP contribution < -0.4 is 10.6 Å². The van der Waals surface area contributed by atoms with E-state index in [1.807, 2.05) is 38.1 Å². The summed E-state index contributed by atoms with van der Waals surface area (Å²) in [6.45, 7) is 4.02. The van der Waals surface area contributed by atoms with Gasteiger partial charge in [-0.15, -0.1) is 35.0 Å². The normalized spacial score (nSPS) is 20.7. The Morgan fingerprint density at radius 2 is 2.14 bits per heavy atom. The minimum Gasteiger partial charge on any atom is -0.335 e. The lowest BCUT2D eigenvalue weighted by Crippen LogP contribution is -2.35. The van der Waals surface area contributed by atoms with Crippen molar-refractivity contribution >= 4 is 46.7 Å². The molecule has 1 fully saturated rings. The van der Waals surface area contributed by atoms with Crippen molar-refractivity contribution in [2.45, 2.75) is 42.0 Å². The van der Waals surface area contributed by atoms with E-state index in [1.165, 1.54) is 0 Å². The van der Waals surface area contributed by atoms with Gasteiger partial charge in [-0.3, -0.25) is 0 Å². The Balaban J connectivity index is 1.92. The number of carbonyl (C=O) groups is 1. The Bertz CT molecular complexity index is 510. The topological polar surface area (TPSA) is 41.1 Å². The molecule has 0 bridgehead atoms. The highest BCUT2D eigenvalue weighted by molar-refractivity contribution is 7.99. The Morgan fingerprint density at radius 3 is 2.76 bits per heavy atom. The lowest BCUT2D eigenvalue weighted by atomic mass is 10.3. The van der Waals surface area contributed by atoms with Gasteiger partial charge in [0.05, 0.1) is 5.69 Å². The van der Waals surface area contributed by atoms with Crippen LogP contribution in [0.25, 0.3) is 0 Å². The summed E-state index contributed by atoms with van der Waals surface area (Å²) in [5.74, 6) is 1.19. The van der Waals surface area contributed by atoms with Gasteiger partial charge in [-0.2, -0.15) is 0 Å². The highest BCUT2D eigenvalue weighted by atomic mass is 35.5. The van der Waals surface area contributed by atoms with Crippen LogP contribution in [-0.4, -0.2) is 22.2 Å². The van der Waals surface area contributed by atoms with Gasteiger partial charge in [0.2, 0.25) is 0 Å². The number of para-hydroxylation sites is 1. The molecule has 0 heterocycles. The first-order chi connectivity index (χ1) is 9.92. The number of hydrogen-bond acceptors (Lipinski definition) is 2. The van der Waals surface area contributed by atoms with E-state index in [-0.39, 0.29) is 12.1 Å². The number of amides is 2. The standard InChI is InChI=1S/C15H20Cl2N2OS/c1-3-10(2)18-14(20)19-12-6-4-5-7-13(12)21-9-11-8-15(11,16)17/h4-7,10-11H,3,8-9H2,1-2H3,(H2,18,19,20). The third kappa shape index (κ3) is 4.97. The third-order valence-electron chi connectivity index (χ3n) is 3.52. The highest BCUT2D eigenvalue weighted by Gasteiger charge is 2.51. The van der Waals surface area contributed by atoms with Crippen molar-refractivity contribution in [1.29, 1.82) is 0 Å². The summed E-state index contributed by atoms with van der Waals surface area (Å²) in [5.41, 5.74) is 0.818. The van der Waals surface area contributed by atoms with Crippen molar-refractivity contribution in [2.75, 3.05) is 11.1 Å². The zero-order valence-corrected chi connectivity index (χ0v) is 14.5. The Labute approximate surface area is 140 Å². The molecule has 0 radical (unpaired) electrons. The van der Waals surface area contributed by atoms with Crippen LogP contribution in [0.1, 0.15) is 26.7 Å². The summed E-state index contributed by atoms with van der Waals surface area (Å²) in [6, 6.07) is 7.75. The van der Waals surface area contributed by atoms with Crippen LogP contribution in [0.5, 0.6) is 0 Å². The molecule has 0 spiro atoms. The first-order valence-corrected chi connectivity index (χ1v) is 8.83. The second-order valence-corrected chi connectivity index (χ2v) is 7.98. The monoisotopic (exact) mass is 346 g/mol. The van der Waals surface area contributed by atoms with Gasteiger partial charge in [0.15, 0.2) is 0 Å². The summed E-state index contributed by atoms with van der Waals surface area (Å²) >= 11 is 13.8. The number of carbonyl (C=O) groups excluding carboxylic acids is 1. The number of hydrogen-bond donors (Lipinski definition) is 2. The van der Waals surface area contributed by atoms with Gasteiger partial charge in [-0.05, 0) is 31.9 Å². The van der Waals surface area contributed by atoms with E-state index in [1.54, 1.807) is 11.8 Å². The fraction of sp³-hybridized carbons (Fsp3) is 0.533. The maximum atomic E-state index is 11.9. The van der Waals surface area contributed by atoms with Gasteiger partial charge in [0.1, 0.15) is 4.33 Å². The van der Waals surface area contributed by atoms with Gasteiger partial charge in [0, 0.05) is 22.6 Å². The SMILES string of the molecule is CCC(C)NC(=O)Nc1ccccc1SCC1CC1(Cl)Cl. The van der Waals surface area contributed by atoms with Crippen LogP contribution in [0.2, 0.25) is 0 Å². The number of benzene rings is 1. The molecule has 116 valence electrons. The summed E-state index contributed by atoms with van der Waals surface area (Å²) < 4.78 is -0.552. The second kappa shape index (κ2) is 7.12. The molecule has 21 heavy (non-hydrogen) atoms. The summed E-state index contributed by atoms with van der Waals surface area (Å²) in [7, 11) is 0. The predicted octanol–water partition coefficient (Wildman–Crippen LogP) is 4.89. The van der Waals surface area contributed by atoms with E-state index >= 15 is 0 Å². The van der Waals surface area contributed by atoms with Crippen molar-refractivity contribution < 1.29 is 4.79 Å². The molecule has 6 heteroatoms. The average molecular weight is 347 g/mol. The highest BCUT2D eigenvalue weighted by Crippen LogP contribution is 2.55. The molecule has 1 saturated carbocycles. The molecule has 2 N–H and O–H groups in total. The lowest BCUT2D eigenvalue weighted by Gasteiger charge is -2.14. The van der Waals surface area contributed by atoms with Crippen LogP contribution in [0.3, 0.4) is 0 Å². The molecule has 1 aromatic carbocycles. The van der Waals surface area contributed by atoms with Crippen molar-refractivity contribution in [3.05, 3.63) is 24.3 Å². The minimum absolute atomic E-state index is 0.157. The first-order valence-electron chi connectivity index (χ1n) is 7.09. The molecular formula is C15H20Cl2N2OS. The molecule has 0 aromatic heterocycles. The Kier molecular flexibility index (Phi) is 5.69. The Morgan fingerprint density at radius 1 is 1.48 bits per heavy atom. The summed E-state index contributed by atoms with van der Waals surface area (Å²) in [5, 5.41) is 5.80. The van der Waals surface area contributed by atoms with Crippen LogP contribution in [0, 0.1) is 5.92 Å². The number of urea groups is 1. The fourth-order valence-corrected chi connectivity index (χ4v) is 3.76. The van der Waals surface area contributed by atoms with Gasteiger partial charge < -0.3 is 10.6 Å². The molecule has 1 aromatic rings. The molecular weight excluding hydrogens is 327 g/mol. The maximum absolute atomic E-state index is 11.9. The fourth-order valence-electron chi connectivity index (χ4n) is 1.82. The van der Waals surface area contributed by atoms with Crippen LogP contribution in [0.15, 0.2) is 29.2 Å². The zero-order chi connectivity index (χ0) is 15.5. The number of anilines is 1. The number of alkyl halides is 2. The first kappa shape index (κ1) is 16.8. The zero-order valence-electron chi connectivity index (χ0n) is 12.2. The largest absolute Gasteiger partial charge is 0.335 e. The van der Waals surface area contributed by atoms with Gasteiger partial charge in [0.25, 0.3) is 0 Å². The predicted molar refractivity (Wildman–Crippen MR) is 91.6 cm³/mol. The summed E-state index contributed by atoms with van der Waals surface area (Å²) in [4.78, 5) is 12.9. The van der Waals surface area contributed by atoms with Crippen molar-refractivity contribution in [3.8, 4) is 0 Å². The van der Waals surface area contributed by atoms with Crippen molar-refractivity contribution in [1.82, 2.24) is 5.32 Å². The Hall–Kier alpha value is -0.580. The second-order valence-electron chi connectivity index (χ2n) is 5.38. The number of rotatable bonds is 6.